The predicted octanol–water partition coefficient (Wildman–Crippen LogP) is 4.59. The average molecular weight is 506 g/mol. The SMILES string of the molecule is C#CCn1c(=NC(=O)c2cccc(NS(=O)(=O)c3ccc(C)cc3)c2)sc2cc(OCC)ccc21. The zero-order valence-corrected chi connectivity index (χ0v) is 20.8. The van der Waals surface area contributed by atoms with Crippen molar-refractivity contribution in [1.82, 2.24) is 4.57 Å². The van der Waals surface area contributed by atoms with Gasteiger partial charge < -0.3 is 9.30 Å². The van der Waals surface area contributed by atoms with E-state index in [4.69, 9.17) is 11.2 Å². The summed E-state index contributed by atoms with van der Waals surface area (Å²) in [7, 11) is -3.80. The van der Waals surface area contributed by atoms with Crippen LogP contribution in [0.1, 0.15) is 22.8 Å². The van der Waals surface area contributed by atoms with Gasteiger partial charge in [-0.1, -0.05) is 41.0 Å². The number of aromatic nitrogens is 1. The molecule has 1 aromatic heterocycles. The van der Waals surface area contributed by atoms with Crippen molar-refractivity contribution < 1.29 is 17.9 Å². The summed E-state index contributed by atoms with van der Waals surface area (Å²) in [6.45, 7) is 4.58. The Labute approximate surface area is 207 Å². The molecule has 1 N–H and O–H groups in total. The van der Waals surface area contributed by atoms with Gasteiger partial charge in [0.05, 0.1) is 28.3 Å². The van der Waals surface area contributed by atoms with Crippen LogP contribution in [0.3, 0.4) is 0 Å². The number of carbonyl (C=O) groups is 1. The number of benzene rings is 3. The summed E-state index contributed by atoms with van der Waals surface area (Å²) >= 11 is 1.33. The van der Waals surface area contributed by atoms with Crippen LogP contribution >= 0.6 is 11.3 Å². The molecule has 0 fully saturated rings. The third-order valence-corrected chi connectivity index (χ3v) is 7.54. The maximum Gasteiger partial charge on any atom is 0.279 e. The minimum atomic E-state index is -3.80. The lowest BCUT2D eigenvalue weighted by molar-refractivity contribution is 0.0998. The highest BCUT2D eigenvalue weighted by atomic mass is 32.2. The summed E-state index contributed by atoms with van der Waals surface area (Å²) < 4.78 is 36.2. The number of rotatable bonds is 7. The number of nitrogens with one attached hydrogen (secondary N) is 1. The van der Waals surface area contributed by atoms with E-state index in [0.29, 0.717) is 11.4 Å². The number of fused-ring (bicyclic) bond motifs is 1. The van der Waals surface area contributed by atoms with Crippen LogP contribution in [0.5, 0.6) is 5.75 Å². The lowest BCUT2D eigenvalue weighted by atomic mass is 10.2. The van der Waals surface area contributed by atoms with Crippen LogP contribution in [0.4, 0.5) is 5.69 Å². The Balaban J connectivity index is 1.67. The molecule has 0 atom stereocenters. The summed E-state index contributed by atoms with van der Waals surface area (Å²) in [6.07, 6.45) is 5.55. The van der Waals surface area contributed by atoms with Crippen LogP contribution in [0.15, 0.2) is 76.6 Å². The van der Waals surface area contributed by atoms with E-state index >= 15 is 0 Å². The van der Waals surface area contributed by atoms with Crippen molar-refractivity contribution >= 4 is 43.2 Å². The summed E-state index contributed by atoms with van der Waals surface area (Å²) in [5.41, 5.74) is 2.31. The quantitative estimate of drug-likeness (QED) is 0.372. The second-order valence-electron chi connectivity index (χ2n) is 7.65. The maximum absolute atomic E-state index is 13.0. The van der Waals surface area contributed by atoms with Gasteiger partial charge in [0.25, 0.3) is 15.9 Å². The smallest absolute Gasteiger partial charge is 0.279 e. The highest BCUT2D eigenvalue weighted by Gasteiger charge is 2.15. The first-order valence-corrected chi connectivity index (χ1v) is 13.1. The number of ether oxygens (including phenoxy) is 1. The number of aryl methyl sites for hydroxylation is 1. The van der Waals surface area contributed by atoms with E-state index in [9.17, 15) is 13.2 Å². The zero-order chi connectivity index (χ0) is 25.0. The first-order chi connectivity index (χ1) is 16.8. The van der Waals surface area contributed by atoms with Gasteiger partial charge in [-0.05, 0) is 62.4 Å². The van der Waals surface area contributed by atoms with Gasteiger partial charge in [-0.25, -0.2) is 8.42 Å². The van der Waals surface area contributed by atoms with Gasteiger partial charge >= 0.3 is 0 Å². The third kappa shape index (κ3) is 5.45. The molecule has 0 spiro atoms. The van der Waals surface area contributed by atoms with Crippen LogP contribution < -0.4 is 14.3 Å². The van der Waals surface area contributed by atoms with Crippen molar-refractivity contribution in [2.45, 2.75) is 25.3 Å². The molecule has 0 unspecified atom stereocenters. The number of carbonyl (C=O) groups excluding carboxylic acids is 1. The highest BCUT2D eigenvalue weighted by Crippen LogP contribution is 2.24. The van der Waals surface area contributed by atoms with Crippen molar-refractivity contribution in [1.29, 1.82) is 0 Å². The molecule has 0 bridgehead atoms. The number of amides is 1. The number of anilines is 1. The Hall–Kier alpha value is -3.87. The van der Waals surface area contributed by atoms with Gasteiger partial charge in [-0.2, -0.15) is 4.99 Å². The van der Waals surface area contributed by atoms with Crippen LogP contribution in [-0.2, 0) is 16.6 Å². The van der Waals surface area contributed by atoms with E-state index in [1.165, 1.54) is 29.5 Å². The van der Waals surface area contributed by atoms with E-state index in [1.54, 1.807) is 34.9 Å². The van der Waals surface area contributed by atoms with Gasteiger partial charge in [0, 0.05) is 11.3 Å². The normalized spacial score (nSPS) is 11.9. The summed E-state index contributed by atoms with van der Waals surface area (Å²) in [5.74, 6) is 2.81. The first kappa shape index (κ1) is 24.3. The van der Waals surface area contributed by atoms with E-state index < -0.39 is 15.9 Å². The molecule has 0 aliphatic heterocycles. The molecule has 0 radical (unpaired) electrons. The molecular formula is C26H23N3O4S2. The van der Waals surface area contributed by atoms with Crippen LogP contribution in [0.25, 0.3) is 10.2 Å². The predicted molar refractivity (Wildman–Crippen MR) is 138 cm³/mol. The van der Waals surface area contributed by atoms with Crippen molar-refractivity contribution in [3.63, 3.8) is 0 Å². The Morgan fingerprint density at radius 2 is 1.91 bits per heavy atom. The summed E-state index contributed by atoms with van der Waals surface area (Å²) in [6, 6.07) is 18.4. The second kappa shape index (κ2) is 10.2. The molecule has 3 aromatic carbocycles. The van der Waals surface area contributed by atoms with Crippen molar-refractivity contribution in [3.8, 4) is 18.1 Å². The van der Waals surface area contributed by atoms with Crippen LogP contribution in [0, 0.1) is 19.3 Å². The van der Waals surface area contributed by atoms with Crippen molar-refractivity contribution in [2.24, 2.45) is 4.99 Å². The maximum atomic E-state index is 13.0. The molecule has 0 aliphatic carbocycles. The fourth-order valence-electron chi connectivity index (χ4n) is 3.44. The molecule has 35 heavy (non-hydrogen) atoms. The molecule has 0 aliphatic rings. The number of terminal acetylenes is 1. The molecule has 1 amide bonds. The molecule has 0 saturated carbocycles. The Bertz CT molecular complexity index is 1610. The van der Waals surface area contributed by atoms with E-state index in [2.05, 4.69) is 15.6 Å². The van der Waals surface area contributed by atoms with E-state index in [0.717, 1.165) is 21.5 Å². The molecule has 178 valence electrons. The topological polar surface area (TPSA) is 89.8 Å². The van der Waals surface area contributed by atoms with Gasteiger partial charge in [0.2, 0.25) is 0 Å². The van der Waals surface area contributed by atoms with E-state index in [-0.39, 0.29) is 22.7 Å². The number of thiazole rings is 1. The molecule has 9 heteroatoms. The molecule has 4 rings (SSSR count). The molecule has 1 heterocycles. The second-order valence-corrected chi connectivity index (χ2v) is 10.3. The Kier molecular flexibility index (Phi) is 7.05. The molecule has 0 saturated heterocycles. The zero-order valence-electron chi connectivity index (χ0n) is 19.2. The Morgan fingerprint density at radius 1 is 1.14 bits per heavy atom. The number of nitrogens with zero attached hydrogens (tertiary/aromatic N) is 2. The first-order valence-electron chi connectivity index (χ1n) is 10.8. The number of hydrogen-bond donors (Lipinski definition) is 1. The van der Waals surface area contributed by atoms with Gasteiger partial charge in [-0.15, -0.1) is 6.42 Å². The number of hydrogen-bond acceptors (Lipinski definition) is 5. The average Bonchev–Trinajstić information content (AvgIpc) is 3.16. The fourth-order valence-corrected chi connectivity index (χ4v) is 5.54. The lowest BCUT2D eigenvalue weighted by Gasteiger charge is -2.09. The van der Waals surface area contributed by atoms with Crippen molar-refractivity contribution in [2.75, 3.05) is 11.3 Å². The number of sulfonamides is 1. The van der Waals surface area contributed by atoms with Crippen molar-refractivity contribution in [3.05, 3.63) is 82.7 Å². The van der Waals surface area contributed by atoms with Gasteiger partial charge in [-0.3, -0.25) is 9.52 Å². The summed E-state index contributed by atoms with van der Waals surface area (Å²) in [4.78, 5) is 17.9. The third-order valence-electron chi connectivity index (χ3n) is 5.10. The monoisotopic (exact) mass is 505 g/mol. The minimum Gasteiger partial charge on any atom is -0.494 e. The van der Waals surface area contributed by atoms with Crippen LogP contribution in [-0.4, -0.2) is 25.5 Å². The van der Waals surface area contributed by atoms with E-state index in [1.807, 2.05) is 32.0 Å². The van der Waals surface area contributed by atoms with Gasteiger partial charge in [0.15, 0.2) is 4.80 Å². The van der Waals surface area contributed by atoms with Gasteiger partial charge in [0.1, 0.15) is 5.75 Å². The summed E-state index contributed by atoms with van der Waals surface area (Å²) in [5, 5.41) is 0. The lowest BCUT2D eigenvalue weighted by Crippen LogP contribution is -2.17. The highest BCUT2D eigenvalue weighted by molar-refractivity contribution is 7.92. The standard InChI is InChI=1S/C26H23N3O4S2/c1-4-15-29-23-14-11-21(33-5-2)17-24(23)34-26(29)27-25(30)19-7-6-8-20(16-19)28-35(31,32)22-12-9-18(3)10-13-22/h1,6-14,16-17,28H,5,15H2,2-3H3. The molecular weight excluding hydrogens is 482 g/mol. The molecule has 4 aromatic rings. The minimum absolute atomic E-state index is 0.136. The molecule has 7 nitrogen and oxygen atoms in total. The van der Waals surface area contributed by atoms with Crippen LogP contribution in [0.2, 0.25) is 0 Å². The Morgan fingerprint density at radius 3 is 2.63 bits per heavy atom. The largest absolute Gasteiger partial charge is 0.494 e. The fraction of sp³-hybridized carbons (Fsp3) is 0.154.